The van der Waals surface area contributed by atoms with Crippen LogP contribution in [0.25, 0.3) is 33.5 Å². The Bertz CT molecular complexity index is 1580. The highest BCUT2D eigenvalue weighted by Gasteiger charge is 2.26. The summed E-state index contributed by atoms with van der Waals surface area (Å²) in [6.45, 7) is 5.78. The summed E-state index contributed by atoms with van der Waals surface area (Å²) in [5.74, 6) is 0.215. The maximum atomic E-state index is 15.2. The Labute approximate surface area is 230 Å². The van der Waals surface area contributed by atoms with Crippen molar-refractivity contribution < 1.29 is 12.8 Å². The summed E-state index contributed by atoms with van der Waals surface area (Å²) in [5.41, 5.74) is 4.78. The van der Waals surface area contributed by atoms with E-state index >= 15 is 4.39 Å². The molecule has 2 fully saturated rings. The molecule has 8 heteroatoms. The highest BCUT2D eigenvalue weighted by Crippen LogP contribution is 2.31. The number of halogens is 1. The standard InChI is InChI=1S/C31H35FN4O2S/c1-34-29-20-25(19-28(32)30(29)33-31(34)24-9-11-27(12-10-24)39(2,37)38)23-7-5-22(6-8-23)21-35-17-13-26(14-18-35)36-15-3-4-16-36/h5-12,19-20,26H,3-4,13-18,21H2,1-2H3. The zero-order chi connectivity index (χ0) is 27.1. The number of piperidine rings is 1. The van der Waals surface area contributed by atoms with Gasteiger partial charge >= 0.3 is 0 Å². The van der Waals surface area contributed by atoms with E-state index in [4.69, 9.17) is 0 Å². The summed E-state index contributed by atoms with van der Waals surface area (Å²) in [4.78, 5) is 10.0. The second-order valence-corrected chi connectivity index (χ2v) is 13.1. The molecule has 3 heterocycles. The van der Waals surface area contributed by atoms with Gasteiger partial charge in [-0.2, -0.15) is 0 Å². The molecular weight excluding hydrogens is 511 g/mol. The van der Waals surface area contributed by atoms with Crippen molar-refractivity contribution >= 4 is 20.9 Å². The van der Waals surface area contributed by atoms with Crippen molar-refractivity contribution in [3.05, 3.63) is 72.0 Å². The fourth-order valence-electron chi connectivity index (χ4n) is 6.13. The third-order valence-electron chi connectivity index (χ3n) is 8.39. The number of sulfone groups is 1. The van der Waals surface area contributed by atoms with Gasteiger partial charge in [0.2, 0.25) is 0 Å². The lowest BCUT2D eigenvalue weighted by Gasteiger charge is -2.36. The molecular formula is C31H35FN4O2S. The van der Waals surface area contributed by atoms with E-state index in [0.29, 0.717) is 16.9 Å². The molecule has 0 atom stereocenters. The van der Waals surface area contributed by atoms with E-state index in [2.05, 4.69) is 39.0 Å². The molecule has 2 aliphatic rings. The first kappa shape index (κ1) is 26.2. The minimum Gasteiger partial charge on any atom is -0.327 e. The number of likely N-dealkylation sites (tertiary alicyclic amines) is 2. The van der Waals surface area contributed by atoms with Crippen LogP contribution >= 0.6 is 0 Å². The number of fused-ring (bicyclic) bond motifs is 1. The van der Waals surface area contributed by atoms with Crippen molar-refractivity contribution in [3.63, 3.8) is 0 Å². The molecule has 4 aromatic rings. The molecule has 204 valence electrons. The summed E-state index contributed by atoms with van der Waals surface area (Å²) < 4.78 is 40.7. The molecule has 0 bridgehead atoms. The van der Waals surface area contributed by atoms with Crippen molar-refractivity contribution in [2.24, 2.45) is 7.05 Å². The quantitative estimate of drug-likeness (QED) is 0.319. The summed E-state index contributed by atoms with van der Waals surface area (Å²) in [6, 6.07) is 19.3. The van der Waals surface area contributed by atoms with Crippen LogP contribution < -0.4 is 0 Å². The predicted molar refractivity (Wildman–Crippen MR) is 154 cm³/mol. The summed E-state index contributed by atoms with van der Waals surface area (Å²) in [6.07, 6.45) is 6.40. The van der Waals surface area contributed by atoms with Crippen molar-refractivity contribution in [2.75, 3.05) is 32.4 Å². The number of aromatic nitrogens is 2. The molecule has 6 nitrogen and oxygen atoms in total. The van der Waals surface area contributed by atoms with E-state index in [9.17, 15) is 8.42 Å². The monoisotopic (exact) mass is 546 g/mol. The zero-order valence-electron chi connectivity index (χ0n) is 22.6. The molecule has 0 spiro atoms. The van der Waals surface area contributed by atoms with Crippen LogP contribution in [0, 0.1) is 5.82 Å². The van der Waals surface area contributed by atoms with Gasteiger partial charge in [0.15, 0.2) is 15.7 Å². The van der Waals surface area contributed by atoms with Gasteiger partial charge in [-0.15, -0.1) is 0 Å². The van der Waals surface area contributed by atoms with Crippen LogP contribution in [0.1, 0.15) is 31.2 Å². The van der Waals surface area contributed by atoms with Crippen molar-refractivity contribution in [1.29, 1.82) is 0 Å². The van der Waals surface area contributed by atoms with Crippen LogP contribution in [0.2, 0.25) is 0 Å². The lowest BCUT2D eigenvalue weighted by atomic mass is 10.0. The first-order valence-electron chi connectivity index (χ1n) is 13.8. The smallest absolute Gasteiger partial charge is 0.175 e. The molecule has 0 amide bonds. The van der Waals surface area contributed by atoms with Crippen LogP contribution in [-0.2, 0) is 23.4 Å². The van der Waals surface area contributed by atoms with E-state index in [1.807, 2.05) is 17.7 Å². The van der Waals surface area contributed by atoms with Gasteiger partial charge in [0, 0.05) is 31.5 Å². The second kappa shape index (κ2) is 10.5. The van der Waals surface area contributed by atoms with Crippen LogP contribution in [0.4, 0.5) is 4.39 Å². The summed E-state index contributed by atoms with van der Waals surface area (Å²) in [7, 11) is -1.43. The molecule has 2 aliphatic heterocycles. The molecule has 0 radical (unpaired) electrons. The van der Waals surface area contributed by atoms with E-state index in [1.165, 1.54) is 50.6 Å². The molecule has 39 heavy (non-hydrogen) atoms. The molecule has 3 aromatic carbocycles. The van der Waals surface area contributed by atoms with Crippen LogP contribution in [0.5, 0.6) is 0 Å². The number of aryl methyl sites for hydroxylation is 1. The highest BCUT2D eigenvalue weighted by atomic mass is 32.2. The highest BCUT2D eigenvalue weighted by molar-refractivity contribution is 7.90. The number of hydrogen-bond acceptors (Lipinski definition) is 5. The van der Waals surface area contributed by atoms with Gasteiger partial charge in [-0.05, 0) is 105 Å². The Morgan fingerprint density at radius 1 is 0.872 bits per heavy atom. The average Bonchev–Trinajstić information content (AvgIpc) is 3.58. The fourth-order valence-corrected chi connectivity index (χ4v) is 6.76. The van der Waals surface area contributed by atoms with Gasteiger partial charge in [0.05, 0.1) is 10.4 Å². The van der Waals surface area contributed by atoms with E-state index in [0.717, 1.165) is 42.4 Å². The summed E-state index contributed by atoms with van der Waals surface area (Å²) in [5, 5.41) is 0. The minimum atomic E-state index is -3.29. The molecule has 6 rings (SSSR count). The third kappa shape index (κ3) is 5.38. The predicted octanol–water partition coefficient (Wildman–Crippen LogP) is 5.51. The van der Waals surface area contributed by atoms with Gasteiger partial charge in [-0.3, -0.25) is 4.90 Å². The molecule has 0 aliphatic carbocycles. The molecule has 0 N–H and O–H groups in total. The average molecular weight is 547 g/mol. The number of nitrogens with zero attached hydrogens (tertiary/aromatic N) is 4. The van der Waals surface area contributed by atoms with E-state index < -0.39 is 9.84 Å². The fraction of sp³-hybridized carbons (Fsp3) is 0.387. The Morgan fingerprint density at radius 2 is 1.51 bits per heavy atom. The molecule has 0 unspecified atom stereocenters. The largest absolute Gasteiger partial charge is 0.327 e. The van der Waals surface area contributed by atoms with Crippen LogP contribution in [-0.4, -0.2) is 66.2 Å². The third-order valence-corrected chi connectivity index (χ3v) is 9.52. The first-order valence-corrected chi connectivity index (χ1v) is 15.7. The molecule has 1 aromatic heterocycles. The van der Waals surface area contributed by atoms with E-state index in [1.54, 1.807) is 30.3 Å². The molecule has 0 saturated carbocycles. The van der Waals surface area contributed by atoms with Crippen molar-refractivity contribution in [1.82, 2.24) is 19.4 Å². The Hall–Kier alpha value is -3.07. The maximum Gasteiger partial charge on any atom is 0.175 e. The van der Waals surface area contributed by atoms with Gasteiger partial charge in [0.1, 0.15) is 11.3 Å². The van der Waals surface area contributed by atoms with Gasteiger partial charge in [-0.1, -0.05) is 24.3 Å². The number of hydrogen-bond donors (Lipinski definition) is 0. The van der Waals surface area contributed by atoms with Crippen molar-refractivity contribution in [2.45, 2.75) is 43.2 Å². The van der Waals surface area contributed by atoms with Crippen LogP contribution in [0.15, 0.2) is 65.6 Å². The van der Waals surface area contributed by atoms with Gasteiger partial charge in [-0.25, -0.2) is 17.8 Å². The summed E-state index contributed by atoms with van der Waals surface area (Å²) >= 11 is 0. The zero-order valence-corrected chi connectivity index (χ0v) is 23.4. The Kier molecular flexibility index (Phi) is 7.04. The minimum absolute atomic E-state index is 0.244. The van der Waals surface area contributed by atoms with Crippen LogP contribution in [0.3, 0.4) is 0 Å². The van der Waals surface area contributed by atoms with Crippen molar-refractivity contribution in [3.8, 4) is 22.5 Å². The lowest BCUT2D eigenvalue weighted by molar-refractivity contribution is 0.122. The maximum absolute atomic E-state index is 15.2. The second-order valence-electron chi connectivity index (χ2n) is 11.1. The number of rotatable bonds is 6. The topological polar surface area (TPSA) is 58.4 Å². The molecule has 2 saturated heterocycles. The number of imidazole rings is 1. The SMILES string of the molecule is Cn1c(-c2ccc(S(C)(=O)=O)cc2)nc2c(F)cc(-c3ccc(CN4CCC(N5CCCC5)CC4)cc3)cc21. The lowest BCUT2D eigenvalue weighted by Crippen LogP contribution is -2.43. The number of benzene rings is 3. The van der Waals surface area contributed by atoms with Gasteiger partial charge < -0.3 is 9.47 Å². The van der Waals surface area contributed by atoms with E-state index in [-0.39, 0.29) is 10.7 Å². The Morgan fingerprint density at radius 3 is 2.15 bits per heavy atom. The van der Waals surface area contributed by atoms with Gasteiger partial charge in [0.25, 0.3) is 0 Å². The first-order chi connectivity index (χ1) is 18.8. The normalized spacial score (nSPS) is 17.8. The Balaban J connectivity index is 1.18.